The topological polar surface area (TPSA) is 58.6 Å². The number of hydrogen-bond acceptors (Lipinski definition) is 4. The van der Waals surface area contributed by atoms with Gasteiger partial charge in [0.1, 0.15) is 5.66 Å². The normalized spacial score (nSPS) is 32.2. The Kier molecular flexibility index (Phi) is 3.72. The van der Waals surface area contributed by atoms with Crippen LogP contribution in [-0.4, -0.2) is 31.2 Å². The van der Waals surface area contributed by atoms with Crippen LogP contribution in [-0.2, 0) is 14.3 Å². The summed E-state index contributed by atoms with van der Waals surface area (Å²) in [6.45, 7) is 3.03. The lowest BCUT2D eigenvalue weighted by molar-refractivity contribution is -0.135. The predicted octanol–water partition coefficient (Wildman–Crippen LogP) is 2.86. The number of benzene rings is 1. The van der Waals surface area contributed by atoms with Gasteiger partial charge in [-0.15, -0.1) is 0 Å². The number of esters is 1. The van der Waals surface area contributed by atoms with Crippen molar-refractivity contribution in [3.63, 3.8) is 0 Å². The second kappa shape index (κ2) is 5.70. The Morgan fingerprint density at radius 2 is 2.16 bits per heavy atom. The first-order chi connectivity index (χ1) is 12.1. The van der Waals surface area contributed by atoms with Gasteiger partial charge >= 0.3 is 5.97 Å². The van der Waals surface area contributed by atoms with Gasteiger partial charge in [0.05, 0.1) is 12.8 Å². The summed E-state index contributed by atoms with van der Waals surface area (Å²) in [6, 6.07) is 7.89. The predicted molar refractivity (Wildman–Crippen MR) is 95.8 cm³/mol. The maximum Gasteiger partial charge on any atom is 0.330 e. The molecule has 0 bridgehead atoms. The van der Waals surface area contributed by atoms with E-state index in [0.717, 1.165) is 49.1 Å². The summed E-state index contributed by atoms with van der Waals surface area (Å²) in [7, 11) is 1.39. The molecule has 1 aromatic rings. The summed E-state index contributed by atoms with van der Waals surface area (Å²) < 4.78 is 4.93. The van der Waals surface area contributed by atoms with Crippen LogP contribution in [0, 0.1) is 5.41 Å². The van der Waals surface area contributed by atoms with Crippen LogP contribution in [0.5, 0.6) is 0 Å². The molecule has 0 aliphatic carbocycles. The number of para-hydroxylation sites is 1. The highest BCUT2D eigenvalue weighted by Crippen LogP contribution is 2.61. The Bertz CT molecular complexity index is 772. The van der Waals surface area contributed by atoms with Gasteiger partial charge in [0.15, 0.2) is 0 Å². The third-order valence-corrected chi connectivity index (χ3v) is 6.35. The van der Waals surface area contributed by atoms with Crippen molar-refractivity contribution < 1.29 is 14.3 Å². The number of ether oxygens (including phenoxy) is 1. The van der Waals surface area contributed by atoms with Crippen LogP contribution in [0.4, 0.5) is 5.69 Å². The molecule has 0 radical (unpaired) electrons. The number of nitrogens with zero attached hydrogens (tertiary/aromatic N) is 1. The number of nitrogens with one attached hydrogen (secondary N) is 1. The van der Waals surface area contributed by atoms with Crippen molar-refractivity contribution in [2.45, 2.75) is 44.7 Å². The molecule has 0 aromatic heterocycles. The summed E-state index contributed by atoms with van der Waals surface area (Å²) in [4.78, 5) is 27.1. The SMILES string of the molecule is CC[C@]12CCCNC13/C(=C\C(=O)OC)c1ccccc1N3C(=O)CC2. The Balaban J connectivity index is 2.03. The lowest BCUT2D eigenvalue weighted by Crippen LogP contribution is -2.73. The number of carbonyl (C=O) groups is 2. The van der Waals surface area contributed by atoms with Crippen molar-refractivity contribution >= 4 is 23.1 Å². The highest BCUT2D eigenvalue weighted by molar-refractivity contribution is 6.10. The molecule has 4 rings (SSSR count). The molecule has 3 aliphatic rings. The average Bonchev–Trinajstić information content (AvgIpc) is 2.93. The van der Waals surface area contributed by atoms with Gasteiger partial charge in [0.2, 0.25) is 5.91 Å². The number of piperidine rings is 2. The van der Waals surface area contributed by atoms with E-state index >= 15 is 0 Å². The first-order valence-electron chi connectivity index (χ1n) is 9.07. The molecule has 3 heterocycles. The van der Waals surface area contributed by atoms with Crippen molar-refractivity contribution in [1.82, 2.24) is 5.32 Å². The highest BCUT2D eigenvalue weighted by atomic mass is 16.5. The Morgan fingerprint density at radius 1 is 1.36 bits per heavy atom. The van der Waals surface area contributed by atoms with Crippen LogP contribution in [0.15, 0.2) is 30.3 Å². The first-order valence-corrected chi connectivity index (χ1v) is 9.07. The molecule has 2 atom stereocenters. The molecular weight excluding hydrogens is 316 g/mol. The van der Waals surface area contributed by atoms with E-state index in [4.69, 9.17) is 4.74 Å². The van der Waals surface area contributed by atoms with Crippen LogP contribution in [0.25, 0.3) is 5.57 Å². The Morgan fingerprint density at radius 3 is 2.92 bits per heavy atom. The molecular formula is C20H24N2O3. The number of rotatable bonds is 2. The fourth-order valence-corrected chi connectivity index (χ4v) is 5.21. The molecule has 2 fully saturated rings. The van der Waals surface area contributed by atoms with E-state index < -0.39 is 5.66 Å². The van der Waals surface area contributed by atoms with Gasteiger partial charge < -0.3 is 4.74 Å². The zero-order valence-corrected chi connectivity index (χ0v) is 14.8. The Hall–Kier alpha value is -2.14. The van der Waals surface area contributed by atoms with Crippen molar-refractivity contribution in [3.8, 4) is 0 Å². The van der Waals surface area contributed by atoms with Crippen LogP contribution >= 0.6 is 0 Å². The van der Waals surface area contributed by atoms with Gasteiger partial charge in [-0.05, 0) is 38.3 Å². The van der Waals surface area contributed by atoms with Crippen LogP contribution in [0.1, 0.15) is 44.6 Å². The standard InChI is InChI=1S/C20H24N2O3/c1-3-19-10-6-12-21-20(19)15(13-18(24)25-2)14-7-4-5-8-16(14)22(20)17(23)9-11-19/h4-5,7-8,13,21H,3,6,9-12H2,1-2H3/b15-13-/t19-,20?/m1/s1. The average molecular weight is 340 g/mol. The summed E-state index contributed by atoms with van der Waals surface area (Å²) in [5, 5.41) is 3.67. The van der Waals surface area contributed by atoms with E-state index in [1.165, 1.54) is 7.11 Å². The van der Waals surface area contributed by atoms with Gasteiger partial charge in [0, 0.05) is 29.0 Å². The van der Waals surface area contributed by atoms with E-state index in [-0.39, 0.29) is 17.3 Å². The first kappa shape index (κ1) is 16.3. The number of anilines is 1. The minimum atomic E-state index is -0.646. The molecule has 25 heavy (non-hydrogen) atoms. The van der Waals surface area contributed by atoms with E-state index in [1.807, 2.05) is 29.2 Å². The van der Waals surface area contributed by atoms with Crippen molar-refractivity contribution in [1.29, 1.82) is 0 Å². The van der Waals surface area contributed by atoms with Gasteiger partial charge in [-0.25, -0.2) is 4.79 Å². The van der Waals surface area contributed by atoms with E-state index in [9.17, 15) is 9.59 Å². The summed E-state index contributed by atoms with van der Waals surface area (Å²) in [5.41, 5.74) is 2.01. The summed E-state index contributed by atoms with van der Waals surface area (Å²) in [5.74, 6) is -0.254. The van der Waals surface area contributed by atoms with Gasteiger partial charge in [-0.2, -0.15) is 0 Å². The molecule has 1 aromatic carbocycles. The number of carbonyl (C=O) groups excluding carboxylic acids is 2. The molecule has 2 saturated heterocycles. The Labute approximate surface area is 148 Å². The molecule has 5 nitrogen and oxygen atoms in total. The molecule has 1 N–H and O–H groups in total. The molecule has 1 spiro atoms. The second-order valence-corrected chi connectivity index (χ2v) is 7.20. The molecule has 3 aliphatic heterocycles. The lowest BCUT2D eigenvalue weighted by atomic mass is 9.60. The maximum absolute atomic E-state index is 13.0. The van der Waals surface area contributed by atoms with Gasteiger partial charge in [0.25, 0.3) is 0 Å². The van der Waals surface area contributed by atoms with E-state index in [2.05, 4.69) is 12.2 Å². The van der Waals surface area contributed by atoms with Gasteiger partial charge in [-0.1, -0.05) is 25.1 Å². The fourth-order valence-electron chi connectivity index (χ4n) is 5.21. The zero-order valence-electron chi connectivity index (χ0n) is 14.8. The molecule has 1 amide bonds. The van der Waals surface area contributed by atoms with Crippen molar-refractivity contribution in [2.75, 3.05) is 18.6 Å². The van der Waals surface area contributed by atoms with Crippen LogP contribution in [0.3, 0.4) is 0 Å². The largest absolute Gasteiger partial charge is 0.466 e. The molecule has 1 unspecified atom stereocenters. The molecule has 5 heteroatoms. The molecule has 0 saturated carbocycles. The fraction of sp³-hybridized carbons (Fsp3) is 0.500. The van der Waals surface area contributed by atoms with E-state index in [1.54, 1.807) is 6.08 Å². The molecule has 132 valence electrons. The minimum absolute atomic E-state index is 0.0714. The van der Waals surface area contributed by atoms with Crippen LogP contribution in [0.2, 0.25) is 0 Å². The van der Waals surface area contributed by atoms with Gasteiger partial charge in [-0.3, -0.25) is 15.0 Å². The zero-order chi connectivity index (χ0) is 17.7. The maximum atomic E-state index is 13.0. The second-order valence-electron chi connectivity index (χ2n) is 7.20. The number of fused-ring (bicyclic) bond motifs is 2. The number of amides is 1. The third-order valence-electron chi connectivity index (χ3n) is 6.35. The monoisotopic (exact) mass is 340 g/mol. The smallest absolute Gasteiger partial charge is 0.330 e. The summed E-state index contributed by atoms with van der Waals surface area (Å²) >= 11 is 0. The highest BCUT2D eigenvalue weighted by Gasteiger charge is 2.64. The third kappa shape index (κ3) is 1.99. The van der Waals surface area contributed by atoms with E-state index in [0.29, 0.717) is 6.42 Å². The number of methoxy groups -OCH3 is 1. The minimum Gasteiger partial charge on any atom is -0.466 e. The van der Waals surface area contributed by atoms with Crippen LogP contribution < -0.4 is 10.2 Å². The number of hydrogen-bond donors (Lipinski definition) is 1. The van der Waals surface area contributed by atoms with Crippen molar-refractivity contribution in [3.05, 3.63) is 35.9 Å². The van der Waals surface area contributed by atoms with Crippen molar-refractivity contribution in [2.24, 2.45) is 5.41 Å². The summed E-state index contributed by atoms with van der Waals surface area (Å²) in [6.07, 6.45) is 6.07. The lowest BCUT2D eigenvalue weighted by Gasteiger charge is -2.59. The quantitative estimate of drug-likeness (QED) is 0.664.